The van der Waals surface area contributed by atoms with Gasteiger partial charge in [0.2, 0.25) is 0 Å². The quantitative estimate of drug-likeness (QED) is 0.698. The largest absolute Gasteiger partial charge is 0.364 e. The number of fused-ring (bicyclic) bond motifs is 1. The van der Waals surface area contributed by atoms with E-state index < -0.39 is 6.43 Å². The molecule has 4 heterocycles. The standard InChI is InChI=1S/C17H18F2N6O2/c1-9-3-4-24(16(26)12-7-27-23-10(12)2)6-11(9)14-5-13(15(18)19)22-17-20-8-21-25(14)17/h5,7-9,11,15H,3-4,6H2,1-2H3/t9-,11-/m1/s1. The lowest BCUT2D eigenvalue weighted by atomic mass is 9.84. The van der Waals surface area contributed by atoms with Crippen LogP contribution in [0.3, 0.4) is 0 Å². The normalized spacial score (nSPS) is 20.6. The number of hydrogen-bond donors (Lipinski definition) is 0. The van der Waals surface area contributed by atoms with Crippen LogP contribution in [0.15, 0.2) is 23.2 Å². The second-order valence-corrected chi connectivity index (χ2v) is 6.82. The highest BCUT2D eigenvalue weighted by atomic mass is 19.3. The molecule has 4 rings (SSSR count). The average Bonchev–Trinajstić information content (AvgIpc) is 3.29. The van der Waals surface area contributed by atoms with Crippen LogP contribution in [0.4, 0.5) is 8.78 Å². The van der Waals surface area contributed by atoms with Crippen LogP contribution in [0.25, 0.3) is 5.78 Å². The predicted molar refractivity (Wildman–Crippen MR) is 89.4 cm³/mol. The second kappa shape index (κ2) is 6.67. The van der Waals surface area contributed by atoms with E-state index in [1.165, 1.54) is 23.2 Å². The van der Waals surface area contributed by atoms with E-state index in [4.69, 9.17) is 4.52 Å². The monoisotopic (exact) mass is 376 g/mol. The van der Waals surface area contributed by atoms with Crippen molar-refractivity contribution in [1.29, 1.82) is 0 Å². The number of carbonyl (C=O) groups excluding carboxylic acids is 1. The van der Waals surface area contributed by atoms with Crippen LogP contribution in [0, 0.1) is 12.8 Å². The van der Waals surface area contributed by atoms with Crippen LogP contribution in [0.5, 0.6) is 0 Å². The van der Waals surface area contributed by atoms with Crippen molar-refractivity contribution in [2.45, 2.75) is 32.6 Å². The maximum absolute atomic E-state index is 13.3. The highest BCUT2D eigenvalue weighted by Gasteiger charge is 2.34. The minimum absolute atomic E-state index is 0.133. The van der Waals surface area contributed by atoms with Crippen molar-refractivity contribution in [1.82, 2.24) is 29.6 Å². The molecule has 2 atom stereocenters. The summed E-state index contributed by atoms with van der Waals surface area (Å²) in [7, 11) is 0. The van der Waals surface area contributed by atoms with Crippen molar-refractivity contribution in [2.24, 2.45) is 5.92 Å². The zero-order valence-electron chi connectivity index (χ0n) is 14.8. The fourth-order valence-electron chi connectivity index (χ4n) is 3.54. The zero-order valence-corrected chi connectivity index (χ0v) is 14.8. The van der Waals surface area contributed by atoms with E-state index >= 15 is 0 Å². The van der Waals surface area contributed by atoms with Crippen molar-refractivity contribution in [3.8, 4) is 0 Å². The Morgan fingerprint density at radius 1 is 1.41 bits per heavy atom. The van der Waals surface area contributed by atoms with Gasteiger partial charge in [-0.05, 0) is 25.3 Å². The van der Waals surface area contributed by atoms with Gasteiger partial charge in [-0.2, -0.15) is 10.1 Å². The smallest absolute Gasteiger partial charge is 0.280 e. The Bertz CT molecular complexity index is 985. The lowest BCUT2D eigenvalue weighted by Gasteiger charge is -2.37. The van der Waals surface area contributed by atoms with Gasteiger partial charge in [0, 0.05) is 19.0 Å². The van der Waals surface area contributed by atoms with E-state index in [0.29, 0.717) is 30.0 Å². The lowest BCUT2D eigenvalue weighted by Crippen LogP contribution is -2.42. The number of rotatable bonds is 3. The lowest BCUT2D eigenvalue weighted by molar-refractivity contribution is 0.0664. The van der Waals surface area contributed by atoms with Gasteiger partial charge in [-0.1, -0.05) is 12.1 Å². The van der Waals surface area contributed by atoms with Gasteiger partial charge in [-0.3, -0.25) is 4.79 Å². The summed E-state index contributed by atoms with van der Waals surface area (Å²) in [6, 6.07) is 1.37. The number of likely N-dealkylation sites (tertiary alicyclic amines) is 1. The fourth-order valence-corrected chi connectivity index (χ4v) is 3.54. The van der Waals surface area contributed by atoms with Crippen LogP contribution in [0.1, 0.15) is 53.1 Å². The molecule has 1 saturated heterocycles. The summed E-state index contributed by atoms with van der Waals surface area (Å²) in [6.45, 7) is 4.71. The molecule has 1 aliphatic heterocycles. The number of aryl methyl sites for hydroxylation is 1. The van der Waals surface area contributed by atoms with Gasteiger partial charge < -0.3 is 9.42 Å². The SMILES string of the molecule is Cc1nocc1C(=O)N1CC[C@@H](C)[C@H](c2cc(C(F)F)nc3ncnn23)C1. The molecular formula is C17H18F2N6O2. The van der Waals surface area contributed by atoms with E-state index in [-0.39, 0.29) is 29.2 Å². The van der Waals surface area contributed by atoms with E-state index in [9.17, 15) is 13.6 Å². The molecule has 8 nitrogen and oxygen atoms in total. The molecule has 0 saturated carbocycles. The summed E-state index contributed by atoms with van der Waals surface area (Å²) in [5.74, 6) is -0.0394. The fraction of sp³-hybridized carbons (Fsp3) is 0.471. The van der Waals surface area contributed by atoms with Crippen LogP contribution >= 0.6 is 0 Å². The molecule has 0 radical (unpaired) electrons. The molecule has 0 spiro atoms. The van der Waals surface area contributed by atoms with Crippen molar-refractivity contribution in [3.05, 3.63) is 41.3 Å². The summed E-state index contributed by atoms with van der Waals surface area (Å²) < 4.78 is 32.9. The topological polar surface area (TPSA) is 89.4 Å². The maximum atomic E-state index is 13.3. The first-order valence-corrected chi connectivity index (χ1v) is 8.64. The third-order valence-electron chi connectivity index (χ3n) is 5.13. The van der Waals surface area contributed by atoms with Crippen molar-refractivity contribution >= 4 is 11.7 Å². The Hall–Kier alpha value is -2.91. The molecule has 1 fully saturated rings. The van der Waals surface area contributed by atoms with Crippen LogP contribution in [0.2, 0.25) is 0 Å². The Balaban J connectivity index is 1.70. The third kappa shape index (κ3) is 3.04. The molecule has 0 aromatic carbocycles. The number of piperidine rings is 1. The average molecular weight is 376 g/mol. The van der Waals surface area contributed by atoms with Gasteiger partial charge in [0.1, 0.15) is 23.8 Å². The van der Waals surface area contributed by atoms with E-state index in [1.807, 2.05) is 6.92 Å². The predicted octanol–water partition coefficient (Wildman–Crippen LogP) is 2.62. The minimum Gasteiger partial charge on any atom is -0.364 e. The molecule has 0 aliphatic carbocycles. The molecule has 1 amide bonds. The number of nitrogens with zero attached hydrogens (tertiary/aromatic N) is 6. The Labute approximate surface area is 153 Å². The molecule has 27 heavy (non-hydrogen) atoms. The first-order chi connectivity index (χ1) is 13.0. The van der Waals surface area contributed by atoms with E-state index in [2.05, 4.69) is 20.2 Å². The van der Waals surface area contributed by atoms with Crippen molar-refractivity contribution in [2.75, 3.05) is 13.1 Å². The van der Waals surface area contributed by atoms with Gasteiger partial charge in [-0.25, -0.2) is 18.3 Å². The zero-order chi connectivity index (χ0) is 19.1. The molecular weight excluding hydrogens is 358 g/mol. The summed E-state index contributed by atoms with van der Waals surface area (Å²) in [6.07, 6.45) is 0.657. The Kier molecular flexibility index (Phi) is 4.33. The number of aromatic nitrogens is 5. The molecule has 3 aromatic rings. The molecule has 3 aromatic heterocycles. The number of halogens is 2. The second-order valence-electron chi connectivity index (χ2n) is 6.82. The molecule has 1 aliphatic rings. The van der Waals surface area contributed by atoms with Gasteiger partial charge in [0.15, 0.2) is 0 Å². The van der Waals surface area contributed by atoms with E-state index in [1.54, 1.807) is 11.8 Å². The highest BCUT2D eigenvalue weighted by Crippen LogP contribution is 2.34. The first kappa shape index (κ1) is 17.5. The highest BCUT2D eigenvalue weighted by molar-refractivity contribution is 5.94. The van der Waals surface area contributed by atoms with Gasteiger partial charge in [0.25, 0.3) is 18.1 Å². The Morgan fingerprint density at radius 3 is 2.93 bits per heavy atom. The van der Waals surface area contributed by atoms with Gasteiger partial charge >= 0.3 is 0 Å². The summed E-state index contributed by atoms with van der Waals surface area (Å²) in [5.41, 5.74) is 1.19. The third-order valence-corrected chi connectivity index (χ3v) is 5.13. The summed E-state index contributed by atoms with van der Waals surface area (Å²) in [5, 5.41) is 7.89. The first-order valence-electron chi connectivity index (χ1n) is 8.64. The minimum atomic E-state index is -2.71. The van der Waals surface area contributed by atoms with Crippen LogP contribution in [-0.4, -0.2) is 48.6 Å². The number of alkyl halides is 2. The molecule has 142 valence electrons. The number of carbonyl (C=O) groups is 1. The number of hydrogen-bond acceptors (Lipinski definition) is 6. The van der Waals surface area contributed by atoms with Gasteiger partial charge in [-0.15, -0.1) is 0 Å². The molecule has 0 N–H and O–H groups in total. The van der Waals surface area contributed by atoms with Crippen LogP contribution < -0.4 is 0 Å². The van der Waals surface area contributed by atoms with Gasteiger partial charge in [0.05, 0.1) is 11.4 Å². The molecule has 0 bridgehead atoms. The summed E-state index contributed by atoms with van der Waals surface area (Å²) >= 11 is 0. The van der Waals surface area contributed by atoms with Crippen LogP contribution in [-0.2, 0) is 0 Å². The van der Waals surface area contributed by atoms with Crippen molar-refractivity contribution in [3.63, 3.8) is 0 Å². The Morgan fingerprint density at radius 2 is 2.22 bits per heavy atom. The molecule has 10 heteroatoms. The number of amides is 1. The summed E-state index contributed by atoms with van der Waals surface area (Å²) in [4.78, 5) is 22.3. The van der Waals surface area contributed by atoms with Crippen molar-refractivity contribution < 1.29 is 18.1 Å². The maximum Gasteiger partial charge on any atom is 0.280 e. The molecule has 0 unspecified atom stereocenters. The van der Waals surface area contributed by atoms with E-state index in [0.717, 1.165) is 6.42 Å².